The summed E-state index contributed by atoms with van der Waals surface area (Å²) in [4.78, 5) is 0. The second-order valence-corrected chi connectivity index (χ2v) is 3.67. The van der Waals surface area contributed by atoms with Crippen molar-refractivity contribution in [3.8, 4) is 11.8 Å². The highest BCUT2D eigenvalue weighted by Gasteiger charge is 2.03. The summed E-state index contributed by atoms with van der Waals surface area (Å²) in [5, 5.41) is 11.9. The highest BCUT2D eigenvalue weighted by Crippen LogP contribution is 2.24. The summed E-state index contributed by atoms with van der Waals surface area (Å²) in [6, 6.07) is 13.6. The molecule has 2 rings (SSSR count). The Balaban J connectivity index is 2.26. The first-order valence-corrected chi connectivity index (χ1v) is 5.33. The zero-order chi connectivity index (χ0) is 13.0. The molecule has 3 nitrogen and oxygen atoms in total. The van der Waals surface area contributed by atoms with Crippen LogP contribution in [0.15, 0.2) is 42.5 Å². The molecule has 0 saturated carbocycles. The van der Waals surface area contributed by atoms with Gasteiger partial charge in [-0.3, -0.25) is 0 Å². The molecule has 2 aromatic rings. The molecule has 0 aliphatic carbocycles. The average molecular weight is 242 g/mol. The number of ether oxygens (including phenoxy) is 1. The Hall–Kier alpha value is -2.54. The van der Waals surface area contributed by atoms with Gasteiger partial charge in [0.15, 0.2) is 11.6 Å². The molecule has 4 heteroatoms. The van der Waals surface area contributed by atoms with E-state index in [1.165, 1.54) is 13.2 Å². The Morgan fingerprint density at radius 2 is 1.94 bits per heavy atom. The lowest BCUT2D eigenvalue weighted by Gasteiger charge is -2.08. The second kappa shape index (κ2) is 5.19. The van der Waals surface area contributed by atoms with Gasteiger partial charge < -0.3 is 10.1 Å². The van der Waals surface area contributed by atoms with E-state index < -0.39 is 5.82 Å². The molecule has 0 aliphatic rings. The van der Waals surface area contributed by atoms with Gasteiger partial charge in [0.2, 0.25) is 0 Å². The molecule has 1 N–H and O–H groups in total. The van der Waals surface area contributed by atoms with Gasteiger partial charge in [-0.15, -0.1) is 0 Å². The lowest BCUT2D eigenvalue weighted by atomic mass is 10.2. The van der Waals surface area contributed by atoms with Crippen LogP contribution in [-0.4, -0.2) is 7.11 Å². The summed E-state index contributed by atoms with van der Waals surface area (Å²) in [5.74, 6) is -0.231. The molecule has 0 fully saturated rings. The van der Waals surface area contributed by atoms with Gasteiger partial charge in [-0.05, 0) is 30.3 Å². The number of hydrogen-bond donors (Lipinski definition) is 1. The van der Waals surface area contributed by atoms with Crippen molar-refractivity contribution in [2.75, 3.05) is 12.4 Å². The van der Waals surface area contributed by atoms with Gasteiger partial charge in [0.1, 0.15) is 0 Å². The van der Waals surface area contributed by atoms with Crippen LogP contribution in [0, 0.1) is 17.1 Å². The SMILES string of the molecule is COc1cc(Nc2cccc(C#N)c2)ccc1F. The predicted molar refractivity (Wildman–Crippen MR) is 67.4 cm³/mol. The van der Waals surface area contributed by atoms with Gasteiger partial charge in [0, 0.05) is 17.4 Å². The quantitative estimate of drug-likeness (QED) is 0.896. The van der Waals surface area contributed by atoms with Crippen molar-refractivity contribution in [2.24, 2.45) is 0 Å². The highest BCUT2D eigenvalue weighted by molar-refractivity contribution is 5.62. The van der Waals surface area contributed by atoms with E-state index in [0.717, 1.165) is 5.69 Å². The molecule has 0 atom stereocenters. The minimum atomic E-state index is -0.408. The number of rotatable bonds is 3. The summed E-state index contributed by atoms with van der Waals surface area (Å²) in [5.41, 5.74) is 2.03. The summed E-state index contributed by atoms with van der Waals surface area (Å²) in [6.45, 7) is 0. The summed E-state index contributed by atoms with van der Waals surface area (Å²) < 4.78 is 18.1. The summed E-state index contributed by atoms with van der Waals surface area (Å²) in [7, 11) is 1.42. The molecule has 0 spiro atoms. The number of benzene rings is 2. The molecule has 0 unspecified atom stereocenters. The van der Waals surface area contributed by atoms with Crippen LogP contribution in [0.4, 0.5) is 15.8 Å². The maximum atomic E-state index is 13.2. The fourth-order valence-electron chi connectivity index (χ4n) is 1.57. The second-order valence-electron chi connectivity index (χ2n) is 3.67. The van der Waals surface area contributed by atoms with Crippen molar-refractivity contribution in [1.82, 2.24) is 0 Å². The minimum absolute atomic E-state index is 0.177. The number of hydrogen-bond acceptors (Lipinski definition) is 3. The van der Waals surface area contributed by atoms with Gasteiger partial charge in [-0.25, -0.2) is 4.39 Å². The first-order valence-electron chi connectivity index (χ1n) is 5.33. The normalized spacial score (nSPS) is 9.61. The van der Waals surface area contributed by atoms with Gasteiger partial charge >= 0.3 is 0 Å². The van der Waals surface area contributed by atoms with E-state index in [-0.39, 0.29) is 5.75 Å². The first-order chi connectivity index (χ1) is 8.72. The van der Waals surface area contributed by atoms with Crippen LogP contribution in [0.25, 0.3) is 0 Å². The molecule has 0 aliphatic heterocycles. The average Bonchev–Trinajstić information content (AvgIpc) is 2.41. The maximum Gasteiger partial charge on any atom is 0.165 e. The third kappa shape index (κ3) is 2.58. The molecule has 18 heavy (non-hydrogen) atoms. The molecular formula is C14H11FN2O. The zero-order valence-electron chi connectivity index (χ0n) is 9.77. The fourth-order valence-corrected chi connectivity index (χ4v) is 1.57. The van der Waals surface area contributed by atoms with Crippen LogP contribution >= 0.6 is 0 Å². The maximum absolute atomic E-state index is 13.2. The van der Waals surface area contributed by atoms with Gasteiger partial charge in [0.05, 0.1) is 18.7 Å². The zero-order valence-corrected chi connectivity index (χ0v) is 9.77. The van der Waals surface area contributed by atoms with Crippen LogP contribution in [0.2, 0.25) is 0 Å². The van der Waals surface area contributed by atoms with Crippen molar-refractivity contribution in [2.45, 2.75) is 0 Å². The van der Waals surface area contributed by atoms with E-state index in [0.29, 0.717) is 11.3 Å². The van der Waals surface area contributed by atoms with E-state index in [4.69, 9.17) is 10.00 Å². The molecule has 0 bridgehead atoms. The monoisotopic (exact) mass is 242 g/mol. The molecule has 0 heterocycles. The number of nitrogens with zero attached hydrogens (tertiary/aromatic N) is 1. The third-order valence-corrected chi connectivity index (χ3v) is 2.43. The topological polar surface area (TPSA) is 45.0 Å². The van der Waals surface area contributed by atoms with Crippen LogP contribution < -0.4 is 10.1 Å². The Bertz CT molecular complexity index is 605. The highest BCUT2D eigenvalue weighted by atomic mass is 19.1. The van der Waals surface area contributed by atoms with Gasteiger partial charge in [-0.2, -0.15) is 5.26 Å². The lowest BCUT2D eigenvalue weighted by Crippen LogP contribution is -1.93. The molecular weight excluding hydrogens is 231 g/mol. The van der Waals surface area contributed by atoms with Crippen molar-refractivity contribution >= 4 is 11.4 Å². The standard InChI is InChI=1S/C14H11FN2O/c1-18-14-8-12(5-6-13(14)15)17-11-4-2-3-10(7-11)9-16/h2-8,17H,1H3. The van der Waals surface area contributed by atoms with E-state index in [2.05, 4.69) is 11.4 Å². The van der Waals surface area contributed by atoms with Crippen LogP contribution in [0.3, 0.4) is 0 Å². The predicted octanol–water partition coefficient (Wildman–Crippen LogP) is 3.45. The van der Waals surface area contributed by atoms with Crippen LogP contribution in [0.1, 0.15) is 5.56 Å². The van der Waals surface area contributed by atoms with Crippen LogP contribution in [0.5, 0.6) is 5.75 Å². The molecule has 0 radical (unpaired) electrons. The smallest absolute Gasteiger partial charge is 0.165 e. The number of methoxy groups -OCH3 is 1. The fraction of sp³-hybridized carbons (Fsp3) is 0.0714. The van der Waals surface area contributed by atoms with E-state index in [1.54, 1.807) is 30.3 Å². The third-order valence-electron chi connectivity index (χ3n) is 2.43. The Labute approximate surface area is 104 Å². The minimum Gasteiger partial charge on any atom is -0.494 e. The van der Waals surface area contributed by atoms with Crippen molar-refractivity contribution in [3.63, 3.8) is 0 Å². The van der Waals surface area contributed by atoms with E-state index >= 15 is 0 Å². The lowest BCUT2D eigenvalue weighted by molar-refractivity contribution is 0.387. The number of nitriles is 1. The molecule has 0 aromatic heterocycles. The van der Waals surface area contributed by atoms with Crippen molar-refractivity contribution in [1.29, 1.82) is 5.26 Å². The summed E-state index contributed by atoms with van der Waals surface area (Å²) >= 11 is 0. The van der Waals surface area contributed by atoms with Gasteiger partial charge in [-0.1, -0.05) is 6.07 Å². The summed E-state index contributed by atoms with van der Waals surface area (Å²) in [6.07, 6.45) is 0. The number of halogens is 1. The van der Waals surface area contributed by atoms with E-state index in [9.17, 15) is 4.39 Å². The molecule has 0 saturated heterocycles. The van der Waals surface area contributed by atoms with E-state index in [1.807, 2.05) is 6.07 Å². The Morgan fingerprint density at radius 1 is 1.17 bits per heavy atom. The first kappa shape index (κ1) is 11.9. The van der Waals surface area contributed by atoms with Crippen LogP contribution in [-0.2, 0) is 0 Å². The molecule has 0 amide bonds. The largest absolute Gasteiger partial charge is 0.494 e. The molecule has 90 valence electrons. The van der Waals surface area contributed by atoms with Gasteiger partial charge in [0.25, 0.3) is 0 Å². The Kier molecular flexibility index (Phi) is 3.44. The Morgan fingerprint density at radius 3 is 2.67 bits per heavy atom. The van der Waals surface area contributed by atoms with Crippen molar-refractivity contribution in [3.05, 3.63) is 53.8 Å². The molecule has 2 aromatic carbocycles. The van der Waals surface area contributed by atoms with Crippen molar-refractivity contribution < 1.29 is 9.13 Å². The number of nitrogens with one attached hydrogen (secondary N) is 1. The number of anilines is 2.